The number of nitrogens with one attached hydrogen (secondary N) is 2. The zero-order valence-corrected chi connectivity index (χ0v) is 18.5. The highest BCUT2D eigenvalue weighted by Gasteiger charge is 2.31. The second kappa shape index (κ2) is 8.93. The fourth-order valence-corrected chi connectivity index (χ4v) is 4.13. The Kier molecular flexibility index (Phi) is 5.50. The number of pyridine rings is 1. The number of rotatable bonds is 4. The second-order valence-corrected chi connectivity index (χ2v) is 7.91. The van der Waals surface area contributed by atoms with Crippen LogP contribution in [0.25, 0.3) is 10.8 Å². The Hall–Kier alpha value is -5.28. The molecule has 0 bridgehead atoms. The highest BCUT2D eigenvalue weighted by molar-refractivity contribution is 5.98. The second-order valence-electron chi connectivity index (χ2n) is 7.91. The van der Waals surface area contributed by atoms with Gasteiger partial charge in [0.05, 0.1) is 5.69 Å². The number of guanidine groups is 1. The van der Waals surface area contributed by atoms with Crippen molar-refractivity contribution in [3.63, 3.8) is 0 Å². The van der Waals surface area contributed by atoms with E-state index in [1.807, 2.05) is 54.7 Å². The monoisotopic (exact) mass is 460 g/mol. The maximum absolute atomic E-state index is 9.55. The quantitative estimate of drug-likeness (QED) is 0.264. The third kappa shape index (κ3) is 3.99. The number of nitrogens with zero attached hydrogens (tertiary/aromatic N) is 4. The van der Waals surface area contributed by atoms with Crippen LogP contribution in [0, 0.1) is 22.8 Å². The number of anilines is 3. The van der Waals surface area contributed by atoms with Crippen molar-refractivity contribution in [2.24, 2.45) is 4.99 Å². The van der Waals surface area contributed by atoms with Crippen molar-refractivity contribution in [3.8, 4) is 18.0 Å². The van der Waals surface area contributed by atoms with Crippen LogP contribution in [0.15, 0.2) is 71.7 Å². The molecule has 1 atom stereocenters. The van der Waals surface area contributed by atoms with Crippen LogP contribution >= 0.6 is 0 Å². The lowest BCUT2D eigenvalue weighted by Crippen LogP contribution is -2.32. The highest BCUT2D eigenvalue weighted by Crippen LogP contribution is 2.43. The summed E-state index contributed by atoms with van der Waals surface area (Å²) in [5.74, 6) is 1.09. The molecule has 1 aliphatic heterocycles. The van der Waals surface area contributed by atoms with Gasteiger partial charge in [0.25, 0.3) is 0 Å². The number of aliphatic imine (C=N–C) groups is 1. The molecule has 4 aromatic rings. The van der Waals surface area contributed by atoms with Crippen molar-refractivity contribution in [2.45, 2.75) is 12.6 Å². The number of hydrogen-bond donors (Lipinski definition) is 4. The first-order chi connectivity index (χ1) is 17.1. The lowest BCUT2D eigenvalue weighted by atomic mass is 9.94. The summed E-state index contributed by atoms with van der Waals surface area (Å²) < 4.78 is 6.23. The van der Waals surface area contributed by atoms with Crippen LogP contribution in [0.2, 0.25) is 0 Å². The zero-order valence-electron chi connectivity index (χ0n) is 18.5. The van der Waals surface area contributed by atoms with Crippen LogP contribution in [0.4, 0.5) is 17.3 Å². The minimum Gasteiger partial charge on any atom is -0.489 e. The summed E-state index contributed by atoms with van der Waals surface area (Å²) >= 11 is 0. The van der Waals surface area contributed by atoms with Crippen LogP contribution in [0.3, 0.4) is 0 Å². The van der Waals surface area contributed by atoms with Crippen LogP contribution in [0.5, 0.6) is 5.75 Å². The normalized spacial score (nSPS) is 14.1. The number of benzene rings is 3. The van der Waals surface area contributed by atoms with Gasteiger partial charge in [-0.25, -0.2) is 9.98 Å². The van der Waals surface area contributed by atoms with Gasteiger partial charge in [0.2, 0.25) is 5.96 Å². The minimum atomic E-state index is -0.685. The van der Waals surface area contributed by atoms with E-state index in [1.54, 1.807) is 0 Å². The summed E-state index contributed by atoms with van der Waals surface area (Å²) in [5.41, 5.74) is 14.8. The number of ether oxygens (including phenoxy) is 1. The molecule has 9 nitrogen and oxygen atoms in total. The molecule has 1 aromatic heterocycles. The Balaban J connectivity index is 1.55. The molecule has 0 radical (unpaired) electrons. The number of fused-ring (bicyclic) bond motifs is 2. The average molecular weight is 461 g/mol. The average Bonchev–Trinajstić information content (AvgIpc) is 2.87. The number of nitrogens with two attached hydrogens (primary N) is 2. The molecule has 2 heterocycles. The van der Waals surface area contributed by atoms with Gasteiger partial charge in [-0.15, -0.1) is 0 Å². The molecular formula is C26H20N8O. The lowest BCUT2D eigenvalue weighted by molar-refractivity contribution is 0.302. The SMILES string of the molecule is N#CNC1=NC(c2ccccc2OCc2ccc3ccccc3c2)c2c(nc(N)c(C#N)c2N)N1. The van der Waals surface area contributed by atoms with E-state index in [0.717, 1.165) is 16.3 Å². The number of aromatic nitrogens is 1. The molecule has 3 aromatic carbocycles. The van der Waals surface area contributed by atoms with Crippen LogP contribution in [-0.4, -0.2) is 10.9 Å². The predicted molar refractivity (Wildman–Crippen MR) is 134 cm³/mol. The summed E-state index contributed by atoms with van der Waals surface area (Å²) in [5, 5.41) is 26.4. The number of nitriles is 2. The standard InChI is InChI=1S/C26H20N8O/c27-12-19-22(29)21-23(32-26(31-14-28)34-25(21)33-24(19)30)18-7-3-4-8-20(18)35-13-15-9-10-16-5-1-2-6-17(16)11-15/h1-11,23H,13H2,(H6,29,30,31,32,33,34). The van der Waals surface area contributed by atoms with Crippen molar-refractivity contribution in [1.29, 1.82) is 10.5 Å². The van der Waals surface area contributed by atoms with Crippen LogP contribution in [0.1, 0.15) is 28.3 Å². The van der Waals surface area contributed by atoms with Gasteiger partial charge in [-0.05, 0) is 28.5 Å². The van der Waals surface area contributed by atoms with E-state index in [2.05, 4.69) is 44.9 Å². The molecule has 0 fully saturated rings. The van der Waals surface area contributed by atoms with Crippen molar-refractivity contribution in [1.82, 2.24) is 10.3 Å². The highest BCUT2D eigenvalue weighted by atomic mass is 16.5. The number of nitrogen functional groups attached to an aromatic ring is 2. The van der Waals surface area contributed by atoms with E-state index in [4.69, 9.17) is 21.5 Å². The van der Waals surface area contributed by atoms with Gasteiger partial charge in [0.1, 0.15) is 41.7 Å². The van der Waals surface area contributed by atoms with E-state index in [9.17, 15) is 5.26 Å². The lowest BCUT2D eigenvalue weighted by Gasteiger charge is -2.27. The fraction of sp³-hybridized carbons (Fsp3) is 0.0769. The van der Waals surface area contributed by atoms with Gasteiger partial charge >= 0.3 is 0 Å². The minimum absolute atomic E-state index is 0.00551. The van der Waals surface area contributed by atoms with Crippen LogP contribution < -0.4 is 26.8 Å². The first kappa shape index (κ1) is 21.6. The van der Waals surface area contributed by atoms with E-state index in [0.29, 0.717) is 29.3 Å². The maximum Gasteiger partial charge on any atom is 0.211 e. The Bertz CT molecular complexity index is 1560. The van der Waals surface area contributed by atoms with Gasteiger partial charge in [0, 0.05) is 11.1 Å². The molecular weight excluding hydrogens is 440 g/mol. The first-order valence-corrected chi connectivity index (χ1v) is 10.8. The number of para-hydroxylation sites is 1. The van der Waals surface area contributed by atoms with Crippen molar-refractivity contribution in [2.75, 3.05) is 16.8 Å². The summed E-state index contributed by atoms with van der Waals surface area (Å²) in [6.45, 7) is 0.339. The molecule has 35 heavy (non-hydrogen) atoms. The molecule has 0 amide bonds. The topological polar surface area (TPSA) is 158 Å². The van der Waals surface area contributed by atoms with Crippen molar-refractivity contribution >= 4 is 34.1 Å². The largest absolute Gasteiger partial charge is 0.489 e. The van der Waals surface area contributed by atoms with Gasteiger partial charge in [-0.2, -0.15) is 10.5 Å². The summed E-state index contributed by atoms with van der Waals surface area (Å²) in [7, 11) is 0. The van der Waals surface area contributed by atoms with Crippen LogP contribution in [-0.2, 0) is 6.61 Å². The zero-order chi connectivity index (χ0) is 24.4. The Morgan fingerprint density at radius 1 is 1.00 bits per heavy atom. The molecule has 0 saturated carbocycles. The third-order valence-corrected chi connectivity index (χ3v) is 5.78. The summed E-state index contributed by atoms with van der Waals surface area (Å²) in [6.07, 6.45) is 1.85. The van der Waals surface area contributed by atoms with E-state index in [-0.39, 0.29) is 23.0 Å². The third-order valence-electron chi connectivity index (χ3n) is 5.78. The van der Waals surface area contributed by atoms with E-state index in [1.165, 1.54) is 0 Å². The van der Waals surface area contributed by atoms with Gasteiger partial charge in [-0.1, -0.05) is 54.6 Å². The van der Waals surface area contributed by atoms with Crippen molar-refractivity contribution in [3.05, 3.63) is 89.0 Å². The Morgan fingerprint density at radius 2 is 1.77 bits per heavy atom. The molecule has 170 valence electrons. The Labute approximate surface area is 201 Å². The molecule has 5 rings (SSSR count). The van der Waals surface area contributed by atoms with Gasteiger partial charge in [-0.3, -0.25) is 5.32 Å². The fourth-order valence-electron chi connectivity index (χ4n) is 4.13. The van der Waals surface area contributed by atoms with Gasteiger partial charge < -0.3 is 21.5 Å². The maximum atomic E-state index is 9.55. The molecule has 1 unspecified atom stereocenters. The van der Waals surface area contributed by atoms with Gasteiger partial charge in [0.15, 0.2) is 6.19 Å². The molecule has 0 aliphatic carbocycles. The molecule has 1 aliphatic rings. The molecule has 0 saturated heterocycles. The Morgan fingerprint density at radius 3 is 2.57 bits per heavy atom. The predicted octanol–water partition coefficient (Wildman–Crippen LogP) is 3.79. The summed E-state index contributed by atoms with van der Waals surface area (Å²) in [4.78, 5) is 8.93. The molecule has 6 N–H and O–H groups in total. The molecule has 9 heteroatoms. The van der Waals surface area contributed by atoms with E-state index >= 15 is 0 Å². The van der Waals surface area contributed by atoms with Crippen molar-refractivity contribution < 1.29 is 4.74 Å². The smallest absolute Gasteiger partial charge is 0.211 e. The van der Waals surface area contributed by atoms with E-state index < -0.39 is 6.04 Å². The first-order valence-electron chi connectivity index (χ1n) is 10.8. The summed E-state index contributed by atoms with van der Waals surface area (Å²) in [6, 6.07) is 23.1. The molecule has 0 spiro atoms. The number of hydrogen-bond acceptors (Lipinski definition) is 9.